The van der Waals surface area contributed by atoms with E-state index in [4.69, 9.17) is 0 Å². The van der Waals surface area contributed by atoms with Gasteiger partial charge in [0.05, 0.1) is 5.69 Å². The summed E-state index contributed by atoms with van der Waals surface area (Å²) in [5.74, 6) is 0.386. The van der Waals surface area contributed by atoms with Crippen LogP contribution in [0.4, 0.5) is 10.1 Å². The Labute approximate surface area is 172 Å². The first-order valence-electron chi connectivity index (χ1n) is 9.52. The van der Waals surface area contributed by atoms with Crippen LogP contribution in [0.5, 0.6) is 0 Å². The number of carbonyl (C=O) groups is 1. The summed E-state index contributed by atoms with van der Waals surface area (Å²) < 4.78 is 14.1. The van der Waals surface area contributed by atoms with Gasteiger partial charge in [0.15, 0.2) is 5.96 Å². The molecule has 0 aliphatic carbocycles. The summed E-state index contributed by atoms with van der Waals surface area (Å²) in [5, 5.41) is 6.44. The molecule has 2 rings (SSSR count). The Hall–Kier alpha value is -3.09. The summed E-state index contributed by atoms with van der Waals surface area (Å²) in [7, 11) is 8.81. The van der Waals surface area contributed by atoms with Crippen LogP contribution in [-0.4, -0.2) is 58.5 Å². The zero-order valence-corrected chi connectivity index (χ0v) is 17.8. The zero-order valence-electron chi connectivity index (χ0n) is 17.8. The molecule has 2 aromatic carbocycles. The number of benzene rings is 2. The quantitative estimate of drug-likeness (QED) is 0.555. The summed E-state index contributed by atoms with van der Waals surface area (Å²) in [4.78, 5) is 19.6. The molecule has 6 nitrogen and oxygen atoms in total. The Kier molecular flexibility index (Phi) is 8.00. The molecule has 1 amide bonds. The highest BCUT2D eigenvalue weighted by Gasteiger charge is 2.09. The third-order valence-electron chi connectivity index (χ3n) is 4.46. The van der Waals surface area contributed by atoms with Gasteiger partial charge in [0.2, 0.25) is 0 Å². The maximum atomic E-state index is 14.1. The zero-order chi connectivity index (χ0) is 21.4. The molecule has 0 aliphatic heterocycles. The second kappa shape index (κ2) is 10.5. The Morgan fingerprint density at radius 2 is 1.79 bits per heavy atom. The van der Waals surface area contributed by atoms with Crippen LogP contribution < -0.4 is 15.5 Å². The van der Waals surface area contributed by atoms with Crippen LogP contribution in [0, 0.1) is 5.82 Å². The van der Waals surface area contributed by atoms with Crippen molar-refractivity contribution in [1.29, 1.82) is 0 Å². The van der Waals surface area contributed by atoms with Crippen molar-refractivity contribution in [2.45, 2.75) is 13.0 Å². The summed E-state index contributed by atoms with van der Waals surface area (Å²) in [6, 6.07) is 12.8. The Balaban J connectivity index is 1.86. The van der Waals surface area contributed by atoms with Gasteiger partial charge in [-0.15, -0.1) is 0 Å². The molecule has 2 aromatic rings. The van der Waals surface area contributed by atoms with Crippen molar-refractivity contribution in [1.82, 2.24) is 15.5 Å². The normalized spacial score (nSPS) is 11.2. The van der Waals surface area contributed by atoms with Crippen LogP contribution in [0.3, 0.4) is 0 Å². The van der Waals surface area contributed by atoms with Crippen LogP contribution in [0.25, 0.3) is 0 Å². The molecular formula is C22H30FN5O. The van der Waals surface area contributed by atoms with E-state index in [9.17, 15) is 9.18 Å². The standard InChI is InChI=1S/C22H30FN5O/c1-24-22(26-15-17-9-10-20(27(2)3)19(23)14-17)25-12-11-16-7-6-8-18(13-16)21(29)28(4)5/h6-10,13-14H,11-12,15H2,1-5H3,(H2,24,25,26). The molecule has 0 unspecified atom stereocenters. The Morgan fingerprint density at radius 3 is 2.41 bits per heavy atom. The number of nitrogens with one attached hydrogen (secondary N) is 2. The minimum absolute atomic E-state index is 0.00944. The topological polar surface area (TPSA) is 60.0 Å². The average molecular weight is 400 g/mol. The predicted molar refractivity (Wildman–Crippen MR) is 117 cm³/mol. The minimum Gasteiger partial charge on any atom is -0.375 e. The number of carbonyl (C=O) groups excluding carboxylic acids is 1. The first kappa shape index (κ1) is 22.2. The van der Waals surface area contributed by atoms with Crippen molar-refractivity contribution in [2.24, 2.45) is 4.99 Å². The highest BCUT2D eigenvalue weighted by atomic mass is 19.1. The molecule has 0 atom stereocenters. The number of guanidine groups is 1. The van der Waals surface area contributed by atoms with E-state index >= 15 is 0 Å². The number of halogens is 1. The number of hydrogen-bond donors (Lipinski definition) is 2. The van der Waals surface area contributed by atoms with Gasteiger partial charge < -0.3 is 20.4 Å². The van der Waals surface area contributed by atoms with Crippen LogP contribution in [0.1, 0.15) is 21.5 Å². The maximum absolute atomic E-state index is 14.1. The number of aliphatic imine (C=N–C) groups is 1. The van der Waals surface area contributed by atoms with Gasteiger partial charge in [-0.2, -0.15) is 0 Å². The molecule has 0 spiro atoms. The second-order valence-electron chi connectivity index (χ2n) is 7.18. The molecule has 0 aromatic heterocycles. The predicted octanol–water partition coefficient (Wildman–Crippen LogP) is 2.50. The Bertz CT molecular complexity index is 864. The molecule has 0 bridgehead atoms. The molecule has 0 radical (unpaired) electrons. The van der Waals surface area contributed by atoms with Crippen molar-refractivity contribution in [3.05, 3.63) is 65.0 Å². The minimum atomic E-state index is -0.246. The van der Waals surface area contributed by atoms with E-state index in [-0.39, 0.29) is 11.7 Å². The monoisotopic (exact) mass is 399 g/mol. The van der Waals surface area contributed by atoms with E-state index in [0.29, 0.717) is 30.3 Å². The molecular weight excluding hydrogens is 369 g/mol. The van der Waals surface area contributed by atoms with Crippen LogP contribution >= 0.6 is 0 Å². The van der Waals surface area contributed by atoms with E-state index in [1.807, 2.05) is 44.4 Å². The first-order valence-corrected chi connectivity index (χ1v) is 9.52. The summed E-state index contributed by atoms with van der Waals surface area (Å²) in [5.41, 5.74) is 3.15. The highest BCUT2D eigenvalue weighted by molar-refractivity contribution is 5.94. The fourth-order valence-electron chi connectivity index (χ4n) is 2.87. The fourth-order valence-corrected chi connectivity index (χ4v) is 2.87. The van der Waals surface area contributed by atoms with Crippen LogP contribution in [-0.2, 0) is 13.0 Å². The van der Waals surface area contributed by atoms with E-state index < -0.39 is 0 Å². The van der Waals surface area contributed by atoms with Crippen molar-refractivity contribution in [3.63, 3.8) is 0 Å². The van der Waals surface area contributed by atoms with E-state index in [0.717, 1.165) is 17.5 Å². The molecule has 0 fully saturated rings. The first-order chi connectivity index (χ1) is 13.8. The fraction of sp³-hybridized carbons (Fsp3) is 0.364. The lowest BCUT2D eigenvalue weighted by atomic mass is 10.1. The second-order valence-corrected chi connectivity index (χ2v) is 7.18. The lowest BCUT2D eigenvalue weighted by Crippen LogP contribution is -2.37. The van der Waals surface area contributed by atoms with Gasteiger partial charge in [0.25, 0.3) is 5.91 Å². The third-order valence-corrected chi connectivity index (χ3v) is 4.46. The number of rotatable bonds is 7. The lowest BCUT2D eigenvalue weighted by Gasteiger charge is -2.15. The van der Waals surface area contributed by atoms with Crippen molar-refractivity contribution >= 4 is 17.6 Å². The lowest BCUT2D eigenvalue weighted by molar-refractivity contribution is 0.0827. The van der Waals surface area contributed by atoms with E-state index in [1.54, 1.807) is 37.0 Å². The van der Waals surface area contributed by atoms with Gasteiger partial charge in [-0.3, -0.25) is 9.79 Å². The van der Waals surface area contributed by atoms with Gasteiger partial charge in [0.1, 0.15) is 5.82 Å². The molecule has 0 saturated heterocycles. The summed E-state index contributed by atoms with van der Waals surface area (Å²) in [6.07, 6.45) is 0.751. The molecule has 0 aliphatic rings. The Morgan fingerprint density at radius 1 is 1.03 bits per heavy atom. The maximum Gasteiger partial charge on any atom is 0.253 e. The van der Waals surface area contributed by atoms with Crippen molar-refractivity contribution < 1.29 is 9.18 Å². The highest BCUT2D eigenvalue weighted by Crippen LogP contribution is 2.18. The largest absolute Gasteiger partial charge is 0.375 e. The number of amides is 1. The van der Waals surface area contributed by atoms with Crippen LogP contribution in [0.2, 0.25) is 0 Å². The number of anilines is 1. The smallest absolute Gasteiger partial charge is 0.253 e. The van der Waals surface area contributed by atoms with Crippen molar-refractivity contribution in [2.75, 3.05) is 46.7 Å². The number of nitrogens with zero attached hydrogens (tertiary/aromatic N) is 3. The average Bonchev–Trinajstić information content (AvgIpc) is 2.69. The van der Waals surface area contributed by atoms with Gasteiger partial charge in [0, 0.05) is 53.9 Å². The van der Waals surface area contributed by atoms with Gasteiger partial charge >= 0.3 is 0 Å². The van der Waals surface area contributed by atoms with Gasteiger partial charge in [-0.1, -0.05) is 18.2 Å². The molecule has 2 N–H and O–H groups in total. The van der Waals surface area contributed by atoms with E-state index in [1.165, 1.54) is 6.07 Å². The molecule has 29 heavy (non-hydrogen) atoms. The SMILES string of the molecule is CN=C(NCCc1cccc(C(=O)N(C)C)c1)NCc1ccc(N(C)C)c(F)c1. The molecule has 7 heteroatoms. The van der Waals surface area contributed by atoms with Crippen LogP contribution in [0.15, 0.2) is 47.5 Å². The molecule has 0 heterocycles. The third kappa shape index (κ3) is 6.48. The van der Waals surface area contributed by atoms with Gasteiger partial charge in [-0.25, -0.2) is 4.39 Å². The molecule has 156 valence electrons. The van der Waals surface area contributed by atoms with Crippen molar-refractivity contribution in [3.8, 4) is 0 Å². The van der Waals surface area contributed by atoms with E-state index in [2.05, 4.69) is 15.6 Å². The number of hydrogen-bond acceptors (Lipinski definition) is 3. The van der Waals surface area contributed by atoms with Gasteiger partial charge in [-0.05, 0) is 41.8 Å². The molecule has 0 saturated carbocycles. The summed E-state index contributed by atoms with van der Waals surface area (Å²) in [6.45, 7) is 1.13. The summed E-state index contributed by atoms with van der Waals surface area (Å²) >= 11 is 0.